The topological polar surface area (TPSA) is 38.0 Å². The molecule has 0 aromatic heterocycles. The lowest BCUT2D eigenvalue weighted by Crippen LogP contribution is -2.18. The van der Waals surface area contributed by atoms with Crippen molar-refractivity contribution >= 4 is 23.8 Å². The van der Waals surface area contributed by atoms with Gasteiger partial charge in [-0.15, -0.1) is 12.4 Å². The zero-order valence-corrected chi connectivity index (χ0v) is 8.74. The average molecular weight is 199 g/mol. The summed E-state index contributed by atoms with van der Waals surface area (Å²) in [6, 6.07) is 6.06. The Labute approximate surface area is 84.9 Å². The maximum Gasteiger partial charge on any atom is 0.0380 e. The number of hydrogen-bond donors (Lipinski definition) is 2. The molecule has 2 nitrogen and oxygen atoms in total. The molecule has 3 N–H and O–H groups in total. The summed E-state index contributed by atoms with van der Waals surface area (Å²) in [5.74, 6) is 0. The first-order valence-corrected chi connectivity index (χ1v) is 4.23. The lowest BCUT2D eigenvalue weighted by Gasteiger charge is -2.16. The third kappa shape index (κ3) is 1.59. The standard InChI is InChI=1S/C10H14N2.ClH/c1-10(2)6-12-9-4-3-7(11)5-8(9)10;/h3-5,12H,6,11H2,1-2H3;1H. The van der Waals surface area contributed by atoms with Gasteiger partial charge in [0, 0.05) is 23.3 Å². The first-order chi connectivity index (χ1) is 5.59. The highest BCUT2D eigenvalue weighted by atomic mass is 35.5. The van der Waals surface area contributed by atoms with Crippen molar-refractivity contribution in [1.82, 2.24) is 0 Å². The van der Waals surface area contributed by atoms with Crippen LogP contribution in [0.3, 0.4) is 0 Å². The fourth-order valence-corrected chi connectivity index (χ4v) is 1.69. The minimum atomic E-state index is 0. The molecule has 0 saturated carbocycles. The summed E-state index contributed by atoms with van der Waals surface area (Å²) >= 11 is 0. The van der Waals surface area contributed by atoms with Crippen LogP contribution in [0.25, 0.3) is 0 Å². The number of nitrogen functional groups attached to an aromatic ring is 1. The van der Waals surface area contributed by atoms with E-state index in [9.17, 15) is 0 Å². The van der Waals surface area contributed by atoms with E-state index in [1.165, 1.54) is 11.3 Å². The predicted octanol–water partition coefficient (Wildman–Crippen LogP) is 2.39. The Morgan fingerprint density at radius 3 is 2.77 bits per heavy atom. The van der Waals surface area contributed by atoms with Gasteiger partial charge in [-0.2, -0.15) is 0 Å². The first kappa shape index (κ1) is 10.2. The van der Waals surface area contributed by atoms with Crippen molar-refractivity contribution < 1.29 is 0 Å². The molecule has 3 heteroatoms. The van der Waals surface area contributed by atoms with Gasteiger partial charge in [0.1, 0.15) is 0 Å². The van der Waals surface area contributed by atoms with E-state index in [0.29, 0.717) is 0 Å². The molecule has 0 amide bonds. The molecule has 0 spiro atoms. The summed E-state index contributed by atoms with van der Waals surface area (Å²) in [6.07, 6.45) is 0. The zero-order chi connectivity index (χ0) is 8.77. The van der Waals surface area contributed by atoms with Crippen molar-refractivity contribution in [3.63, 3.8) is 0 Å². The molecule has 0 atom stereocenters. The molecule has 1 aliphatic heterocycles. The lowest BCUT2D eigenvalue weighted by atomic mass is 9.87. The molecule has 0 unspecified atom stereocenters. The number of nitrogens with one attached hydrogen (secondary N) is 1. The minimum absolute atomic E-state index is 0. The van der Waals surface area contributed by atoms with Crippen LogP contribution in [0, 0.1) is 0 Å². The number of rotatable bonds is 0. The average Bonchev–Trinajstić information content (AvgIpc) is 2.28. The van der Waals surface area contributed by atoms with E-state index in [0.717, 1.165) is 12.2 Å². The van der Waals surface area contributed by atoms with E-state index < -0.39 is 0 Å². The van der Waals surface area contributed by atoms with Gasteiger partial charge >= 0.3 is 0 Å². The summed E-state index contributed by atoms with van der Waals surface area (Å²) < 4.78 is 0. The smallest absolute Gasteiger partial charge is 0.0380 e. The van der Waals surface area contributed by atoms with E-state index in [1.54, 1.807) is 0 Å². The number of anilines is 2. The molecule has 72 valence electrons. The molecule has 1 aliphatic rings. The van der Waals surface area contributed by atoms with E-state index in [-0.39, 0.29) is 17.8 Å². The van der Waals surface area contributed by atoms with Crippen molar-refractivity contribution in [1.29, 1.82) is 0 Å². The number of halogens is 1. The Kier molecular flexibility index (Phi) is 2.44. The van der Waals surface area contributed by atoms with E-state index in [2.05, 4.69) is 31.3 Å². The van der Waals surface area contributed by atoms with Crippen LogP contribution < -0.4 is 11.1 Å². The maximum atomic E-state index is 5.72. The number of hydrogen-bond acceptors (Lipinski definition) is 2. The summed E-state index contributed by atoms with van der Waals surface area (Å²) in [5, 5.41) is 3.36. The van der Waals surface area contributed by atoms with Crippen molar-refractivity contribution in [3.05, 3.63) is 23.8 Å². The van der Waals surface area contributed by atoms with Gasteiger partial charge in [-0.3, -0.25) is 0 Å². The Morgan fingerprint density at radius 2 is 2.08 bits per heavy atom. The number of nitrogens with two attached hydrogens (primary N) is 1. The molecule has 1 aromatic rings. The Hall–Kier alpha value is -0.890. The highest BCUT2D eigenvalue weighted by Crippen LogP contribution is 2.36. The molecule has 0 fully saturated rings. The molecule has 1 heterocycles. The van der Waals surface area contributed by atoms with Crippen LogP contribution in [0.1, 0.15) is 19.4 Å². The van der Waals surface area contributed by atoms with Gasteiger partial charge in [0.05, 0.1) is 0 Å². The van der Waals surface area contributed by atoms with Crippen LogP contribution in [0.15, 0.2) is 18.2 Å². The lowest BCUT2D eigenvalue weighted by molar-refractivity contribution is 0.586. The molecule has 0 saturated heterocycles. The Morgan fingerprint density at radius 1 is 1.38 bits per heavy atom. The minimum Gasteiger partial charge on any atom is -0.399 e. The highest BCUT2D eigenvalue weighted by Gasteiger charge is 2.29. The van der Waals surface area contributed by atoms with Gasteiger partial charge < -0.3 is 11.1 Å². The number of benzene rings is 1. The highest BCUT2D eigenvalue weighted by molar-refractivity contribution is 5.85. The van der Waals surface area contributed by atoms with Crippen LogP contribution in [0.4, 0.5) is 11.4 Å². The molecule has 2 rings (SSSR count). The SMILES string of the molecule is CC1(C)CNc2ccc(N)cc21.Cl. The molecular formula is C10H15ClN2. The van der Waals surface area contributed by atoms with Gasteiger partial charge in [0.15, 0.2) is 0 Å². The van der Waals surface area contributed by atoms with Gasteiger partial charge in [0.25, 0.3) is 0 Å². The normalized spacial score (nSPS) is 17.1. The summed E-state index contributed by atoms with van der Waals surface area (Å²) in [4.78, 5) is 0. The molecule has 0 aliphatic carbocycles. The fourth-order valence-electron chi connectivity index (χ4n) is 1.69. The Balaban J connectivity index is 0.000000845. The van der Waals surface area contributed by atoms with Gasteiger partial charge in [-0.25, -0.2) is 0 Å². The second-order valence-corrected chi connectivity index (χ2v) is 4.04. The van der Waals surface area contributed by atoms with Crippen molar-refractivity contribution in [2.45, 2.75) is 19.3 Å². The zero-order valence-electron chi connectivity index (χ0n) is 7.92. The third-order valence-corrected chi connectivity index (χ3v) is 2.49. The first-order valence-electron chi connectivity index (χ1n) is 4.23. The fraction of sp³-hybridized carbons (Fsp3) is 0.400. The molecule has 1 aromatic carbocycles. The second-order valence-electron chi connectivity index (χ2n) is 4.04. The third-order valence-electron chi connectivity index (χ3n) is 2.49. The van der Waals surface area contributed by atoms with E-state index in [4.69, 9.17) is 5.73 Å². The van der Waals surface area contributed by atoms with E-state index in [1.807, 2.05) is 6.07 Å². The second kappa shape index (κ2) is 3.11. The monoisotopic (exact) mass is 198 g/mol. The molecule has 13 heavy (non-hydrogen) atoms. The molecule has 0 bridgehead atoms. The van der Waals surface area contributed by atoms with Crippen molar-refractivity contribution in [3.8, 4) is 0 Å². The number of fused-ring (bicyclic) bond motifs is 1. The largest absolute Gasteiger partial charge is 0.399 e. The van der Waals surface area contributed by atoms with Crippen LogP contribution in [-0.2, 0) is 5.41 Å². The Bertz CT molecular complexity index is 321. The molecule has 0 radical (unpaired) electrons. The summed E-state index contributed by atoms with van der Waals surface area (Å²) in [7, 11) is 0. The van der Waals surface area contributed by atoms with Crippen molar-refractivity contribution in [2.75, 3.05) is 17.6 Å². The van der Waals surface area contributed by atoms with Crippen LogP contribution >= 0.6 is 12.4 Å². The predicted molar refractivity (Wildman–Crippen MR) is 59.6 cm³/mol. The summed E-state index contributed by atoms with van der Waals surface area (Å²) in [6.45, 7) is 5.46. The van der Waals surface area contributed by atoms with Crippen LogP contribution in [0.2, 0.25) is 0 Å². The quantitative estimate of drug-likeness (QED) is 0.629. The van der Waals surface area contributed by atoms with Crippen LogP contribution in [0.5, 0.6) is 0 Å². The van der Waals surface area contributed by atoms with Crippen molar-refractivity contribution in [2.24, 2.45) is 0 Å². The van der Waals surface area contributed by atoms with Crippen LogP contribution in [-0.4, -0.2) is 6.54 Å². The summed E-state index contributed by atoms with van der Waals surface area (Å²) in [5.41, 5.74) is 9.37. The molecular weight excluding hydrogens is 184 g/mol. The van der Waals surface area contributed by atoms with Gasteiger partial charge in [-0.05, 0) is 23.8 Å². The van der Waals surface area contributed by atoms with Gasteiger partial charge in [-0.1, -0.05) is 13.8 Å². The van der Waals surface area contributed by atoms with E-state index >= 15 is 0 Å². The van der Waals surface area contributed by atoms with Gasteiger partial charge in [0.2, 0.25) is 0 Å². The maximum absolute atomic E-state index is 5.72.